The van der Waals surface area contributed by atoms with Crippen molar-refractivity contribution in [3.8, 4) is 0 Å². The maximum atomic E-state index is 5.95. The molecule has 0 N–H and O–H groups in total. The topological polar surface area (TPSA) is 31.2 Å². The summed E-state index contributed by atoms with van der Waals surface area (Å²) in [5.41, 5.74) is -0.482. The SMILES string of the molecule is CCN(CC)N1C=NC(Cl)=NC1Cl. The number of halogens is 2. The van der Waals surface area contributed by atoms with E-state index in [0.29, 0.717) is 0 Å². The van der Waals surface area contributed by atoms with Crippen LogP contribution in [0, 0.1) is 0 Å². The Kier molecular flexibility index (Phi) is 3.96. The first-order chi connectivity index (χ1) is 6.19. The lowest BCUT2D eigenvalue weighted by molar-refractivity contribution is 0.0509. The fourth-order valence-corrected chi connectivity index (χ4v) is 1.55. The van der Waals surface area contributed by atoms with E-state index < -0.39 is 5.62 Å². The van der Waals surface area contributed by atoms with E-state index in [1.807, 2.05) is 18.9 Å². The maximum Gasteiger partial charge on any atom is 0.222 e. The molecule has 0 bridgehead atoms. The third kappa shape index (κ3) is 2.56. The van der Waals surface area contributed by atoms with Gasteiger partial charge in [-0.05, 0) is 11.6 Å². The molecule has 0 aliphatic carbocycles. The first kappa shape index (κ1) is 10.8. The number of alkyl halides is 1. The van der Waals surface area contributed by atoms with Gasteiger partial charge in [0, 0.05) is 13.1 Å². The van der Waals surface area contributed by atoms with Crippen LogP contribution in [0.1, 0.15) is 13.8 Å². The molecule has 1 aliphatic heterocycles. The van der Waals surface area contributed by atoms with Crippen LogP contribution in [0.3, 0.4) is 0 Å². The van der Waals surface area contributed by atoms with Gasteiger partial charge in [0.2, 0.25) is 10.9 Å². The molecule has 0 aromatic heterocycles. The van der Waals surface area contributed by atoms with Crippen LogP contribution in [0.25, 0.3) is 0 Å². The van der Waals surface area contributed by atoms with E-state index in [2.05, 4.69) is 9.98 Å². The highest BCUT2D eigenvalue weighted by Gasteiger charge is 2.20. The minimum atomic E-state index is -0.482. The number of amidine groups is 1. The molecule has 0 saturated heterocycles. The van der Waals surface area contributed by atoms with Crippen molar-refractivity contribution in [2.45, 2.75) is 19.5 Å². The molecular formula is C7H12Cl2N4. The number of hydrazine groups is 1. The number of hydrogen-bond acceptors (Lipinski definition) is 4. The van der Waals surface area contributed by atoms with Crippen LogP contribution in [0.15, 0.2) is 9.98 Å². The molecule has 74 valence electrons. The first-order valence-electron chi connectivity index (χ1n) is 4.13. The van der Waals surface area contributed by atoms with E-state index in [0.717, 1.165) is 13.1 Å². The summed E-state index contributed by atoms with van der Waals surface area (Å²) in [5, 5.41) is 3.98. The van der Waals surface area contributed by atoms with E-state index in [4.69, 9.17) is 23.2 Å². The lowest BCUT2D eigenvalue weighted by Gasteiger charge is -2.34. The number of hydrogen-bond donors (Lipinski definition) is 0. The number of rotatable bonds is 3. The van der Waals surface area contributed by atoms with Gasteiger partial charge in [-0.15, -0.1) is 0 Å². The molecule has 1 heterocycles. The van der Waals surface area contributed by atoms with Gasteiger partial charge < -0.3 is 0 Å². The smallest absolute Gasteiger partial charge is 0.222 e. The summed E-state index contributed by atoms with van der Waals surface area (Å²) in [5.74, 6) is 0. The Balaban J connectivity index is 2.67. The Morgan fingerprint density at radius 2 is 2.15 bits per heavy atom. The van der Waals surface area contributed by atoms with E-state index in [1.54, 1.807) is 11.3 Å². The second-order valence-electron chi connectivity index (χ2n) is 2.47. The molecular weight excluding hydrogens is 211 g/mol. The monoisotopic (exact) mass is 222 g/mol. The van der Waals surface area contributed by atoms with Crippen molar-refractivity contribution in [2.75, 3.05) is 13.1 Å². The molecule has 1 unspecified atom stereocenters. The van der Waals surface area contributed by atoms with Crippen LogP contribution >= 0.6 is 23.2 Å². The van der Waals surface area contributed by atoms with Crippen LogP contribution in [0.5, 0.6) is 0 Å². The minimum Gasteiger partial charge on any atom is -0.257 e. The first-order valence-corrected chi connectivity index (χ1v) is 4.95. The summed E-state index contributed by atoms with van der Waals surface area (Å²) in [6.45, 7) is 5.81. The third-order valence-electron chi connectivity index (χ3n) is 1.77. The summed E-state index contributed by atoms with van der Waals surface area (Å²) >= 11 is 11.5. The van der Waals surface area contributed by atoms with Gasteiger partial charge in [0.25, 0.3) is 0 Å². The van der Waals surface area contributed by atoms with Crippen LogP contribution in [-0.2, 0) is 0 Å². The highest BCUT2D eigenvalue weighted by atomic mass is 35.5. The summed E-state index contributed by atoms with van der Waals surface area (Å²) in [7, 11) is 0. The Morgan fingerprint density at radius 3 is 2.62 bits per heavy atom. The quantitative estimate of drug-likeness (QED) is 0.538. The molecule has 0 aromatic carbocycles. The molecule has 0 spiro atoms. The predicted molar refractivity (Wildman–Crippen MR) is 56.2 cm³/mol. The van der Waals surface area contributed by atoms with E-state index in [1.165, 1.54) is 0 Å². The fourth-order valence-electron chi connectivity index (χ4n) is 1.10. The fraction of sp³-hybridized carbons (Fsp3) is 0.714. The van der Waals surface area contributed by atoms with E-state index >= 15 is 0 Å². The highest BCUT2D eigenvalue weighted by Crippen LogP contribution is 2.13. The van der Waals surface area contributed by atoms with Gasteiger partial charge in [-0.1, -0.05) is 25.4 Å². The van der Waals surface area contributed by atoms with Crippen molar-refractivity contribution >= 4 is 34.8 Å². The van der Waals surface area contributed by atoms with Gasteiger partial charge in [-0.3, -0.25) is 5.01 Å². The average Bonchev–Trinajstić information content (AvgIpc) is 2.10. The largest absolute Gasteiger partial charge is 0.257 e. The normalized spacial score (nSPS) is 22.4. The third-order valence-corrected chi connectivity index (χ3v) is 2.26. The Labute approximate surface area is 87.8 Å². The lowest BCUT2D eigenvalue weighted by atomic mass is 10.6. The Hall–Kier alpha value is -0.320. The average molecular weight is 223 g/mol. The minimum absolute atomic E-state index is 0.198. The van der Waals surface area contributed by atoms with Crippen molar-refractivity contribution in [1.29, 1.82) is 0 Å². The van der Waals surface area contributed by atoms with Crippen LogP contribution in [0.2, 0.25) is 0 Å². The Morgan fingerprint density at radius 1 is 1.54 bits per heavy atom. The standard InChI is InChI=1S/C7H12Cl2N4/c1-3-12(4-2)13-5-10-6(8)11-7(13)9/h5,7H,3-4H2,1-2H3. The highest BCUT2D eigenvalue weighted by molar-refractivity contribution is 6.65. The summed E-state index contributed by atoms with van der Waals surface area (Å²) in [4.78, 5) is 7.78. The van der Waals surface area contributed by atoms with Gasteiger partial charge >= 0.3 is 0 Å². The van der Waals surface area contributed by atoms with Gasteiger partial charge in [-0.25, -0.2) is 15.0 Å². The zero-order valence-electron chi connectivity index (χ0n) is 7.61. The van der Waals surface area contributed by atoms with Gasteiger partial charge in [-0.2, -0.15) is 0 Å². The van der Waals surface area contributed by atoms with Crippen molar-refractivity contribution in [3.63, 3.8) is 0 Å². The second kappa shape index (κ2) is 4.79. The second-order valence-corrected chi connectivity index (χ2v) is 3.20. The predicted octanol–water partition coefficient (Wildman–Crippen LogP) is 1.70. The van der Waals surface area contributed by atoms with Crippen LogP contribution in [-0.4, -0.2) is 40.4 Å². The van der Waals surface area contributed by atoms with E-state index in [-0.39, 0.29) is 5.29 Å². The molecule has 0 aromatic rings. The van der Waals surface area contributed by atoms with Crippen molar-refractivity contribution in [1.82, 2.24) is 10.0 Å². The van der Waals surface area contributed by atoms with Crippen molar-refractivity contribution < 1.29 is 0 Å². The van der Waals surface area contributed by atoms with Gasteiger partial charge in [0.15, 0.2) is 0 Å². The van der Waals surface area contributed by atoms with E-state index in [9.17, 15) is 0 Å². The molecule has 1 atom stereocenters. The summed E-state index contributed by atoms with van der Waals surface area (Å²) < 4.78 is 0. The zero-order chi connectivity index (χ0) is 9.84. The van der Waals surface area contributed by atoms with Crippen molar-refractivity contribution in [2.24, 2.45) is 9.98 Å². The molecule has 0 fully saturated rings. The summed E-state index contributed by atoms with van der Waals surface area (Å²) in [6, 6.07) is 0. The molecule has 1 aliphatic rings. The molecule has 13 heavy (non-hydrogen) atoms. The molecule has 6 heteroatoms. The van der Waals surface area contributed by atoms with Gasteiger partial charge in [0.05, 0.1) is 0 Å². The maximum absolute atomic E-state index is 5.95. The number of nitrogens with zero attached hydrogens (tertiary/aromatic N) is 4. The van der Waals surface area contributed by atoms with Crippen LogP contribution in [0.4, 0.5) is 0 Å². The Bertz CT molecular complexity index is 225. The lowest BCUT2D eigenvalue weighted by Crippen LogP contribution is -2.46. The van der Waals surface area contributed by atoms with Gasteiger partial charge in [0.1, 0.15) is 6.34 Å². The zero-order valence-corrected chi connectivity index (χ0v) is 9.13. The number of aliphatic imine (C=N–C) groups is 2. The molecule has 1 rings (SSSR count). The molecule has 0 amide bonds. The van der Waals surface area contributed by atoms with Crippen molar-refractivity contribution in [3.05, 3.63) is 0 Å². The van der Waals surface area contributed by atoms with Crippen LogP contribution < -0.4 is 0 Å². The molecule has 0 saturated carbocycles. The summed E-state index contributed by atoms with van der Waals surface area (Å²) in [6.07, 6.45) is 1.60. The molecule has 4 nitrogen and oxygen atoms in total. The molecule has 0 radical (unpaired) electrons.